The Balaban J connectivity index is 1.69. The number of nitrogens with two attached hydrogens (primary N) is 1. The second-order valence-corrected chi connectivity index (χ2v) is 6.17. The molecule has 3 N–H and O–H groups in total. The van der Waals surface area contributed by atoms with Crippen molar-refractivity contribution in [2.45, 2.75) is 26.2 Å². The van der Waals surface area contributed by atoms with Gasteiger partial charge in [0.25, 0.3) is 0 Å². The fourth-order valence-electron chi connectivity index (χ4n) is 2.78. The zero-order chi connectivity index (χ0) is 15.3. The van der Waals surface area contributed by atoms with Crippen LogP contribution < -0.4 is 15.8 Å². The van der Waals surface area contributed by atoms with Crippen molar-refractivity contribution in [2.75, 3.05) is 13.2 Å². The predicted molar refractivity (Wildman–Crippen MR) is 87.2 cm³/mol. The fraction of sp³-hybridized carbons (Fsp3) is 0.500. The third-order valence-electron chi connectivity index (χ3n) is 3.92. The third kappa shape index (κ3) is 3.73. The normalized spacial score (nSPS) is 24.0. The van der Waals surface area contributed by atoms with Gasteiger partial charge >= 0.3 is 0 Å². The maximum Gasteiger partial charge on any atom is 0.233 e. The number of ether oxygens (including phenoxy) is 1. The molecule has 0 bridgehead atoms. The van der Waals surface area contributed by atoms with E-state index in [0.29, 0.717) is 24.1 Å². The molecule has 1 amide bonds. The number of carbonyl (C=O) groups is 1. The van der Waals surface area contributed by atoms with Crippen LogP contribution in [0.2, 0.25) is 0 Å². The van der Waals surface area contributed by atoms with Crippen LogP contribution in [0, 0.1) is 11.3 Å². The molecular weight excluding hydrogens is 284 g/mol. The summed E-state index contributed by atoms with van der Waals surface area (Å²) in [5, 5.41) is 2.93. The Morgan fingerprint density at radius 2 is 2.10 bits per heavy atom. The molecule has 2 rings (SSSR count). The second-order valence-electron chi connectivity index (χ2n) is 5.73. The topological polar surface area (TPSA) is 64.3 Å². The van der Waals surface area contributed by atoms with Crippen molar-refractivity contribution < 1.29 is 9.53 Å². The number of thiocarbonyl (C=S) groups is 1. The summed E-state index contributed by atoms with van der Waals surface area (Å²) in [6.07, 6.45) is 2.27. The molecule has 1 aromatic carbocycles. The SMILES string of the molecule is CC1CC(C(=O)NCCCOc2ccccc2)(C(N)=S)C1. The highest BCUT2D eigenvalue weighted by Gasteiger charge is 2.50. The van der Waals surface area contributed by atoms with Gasteiger partial charge in [-0.1, -0.05) is 37.3 Å². The molecule has 0 heterocycles. The highest BCUT2D eigenvalue weighted by molar-refractivity contribution is 7.80. The molecule has 0 aliphatic heterocycles. The van der Waals surface area contributed by atoms with Gasteiger partial charge in [-0.15, -0.1) is 0 Å². The third-order valence-corrected chi connectivity index (χ3v) is 4.31. The van der Waals surface area contributed by atoms with Gasteiger partial charge < -0.3 is 15.8 Å². The Morgan fingerprint density at radius 1 is 1.43 bits per heavy atom. The molecule has 0 unspecified atom stereocenters. The molecule has 0 aromatic heterocycles. The molecule has 21 heavy (non-hydrogen) atoms. The molecule has 0 atom stereocenters. The highest BCUT2D eigenvalue weighted by atomic mass is 32.1. The molecular formula is C16H22N2O2S. The van der Waals surface area contributed by atoms with Crippen LogP contribution in [0.1, 0.15) is 26.2 Å². The number of hydrogen-bond donors (Lipinski definition) is 2. The van der Waals surface area contributed by atoms with Crippen molar-refractivity contribution in [3.8, 4) is 5.75 Å². The lowest BCUT2D eigenvalue weighted by Gasteiger charge is -2.44. The first kappa shape index (κ1) is 15.8. The zero-order valence-electron chi connectivity index (χ0n) is 12.3. The molecule has 1 aliphatic rings. The number of carbonyl (C=O) groups excluding carboxylic acids is 1. The first-order chi connectivity index (χ1) is 10.0. The van der Waals surface area contributed by atoms with Crippen LogP contribution in [-0.4, -0.2) is 24.0 Å². The number of amides is 1. The van der Waals surface area contributed by atoms with Gasteiger partial charge in [0.2, 0.25) is 5.91 Å². The van der Waals surface area contributed by atoms with E-state index in [1.807, 2.05) is 30.3 Å². The van der Waals surface area contributed by atoms with E-state index in [1.165, 1.54) is 0 Å². The molecule has 1 saturated carbocycles. The number of rotatable bonds is 7. The molecule has 1 aromatic rings. The van der Waals surface area contributed by atoms with E-state index in [0.717, 1.165) is 25.0 Å². The van der Waals surface area contributed by atoms with Gasteiger partial charge in [-0.25, -0.2) is 0 Å². The van der Waals surface area contributed by atoms with Crippen LogP contribution in [0.15, 0.2) is 30.3 Å². The summed E-state index contributed by atoms with van der Waals surface area (Å²) in [4.78, 5) is 12.6. The van der Waals surface area contributed by atoms with Gasteiger partial charge in [-0.2, -0.15) is 0 Å². The lowest BCUT2D eigenvalue weighted by atomic mass is 9.62. The Morgan fingerprint density at radius 3 is 2.67 bits per heavy atom. The standard InChI is InChI=1S/C16H22N2O2S/c1-12-10-16(11-12,14(17)21)15(19)18-8-5-9-20-13-6-3-2-4-7-13/h2-4,6-7,12H,5,8-11H2,1H3,(H2,17,21)(H,18,19). The van der Waals surface area contributed by atoms with E-state index in [1.54, 1.807) is 0 Å². The van der Waals surface area contributed by atoms with Crippen LogP contribution in [0.4, 0.5) is 0 Å². The Hall–Kier alpha value is -1.62. The van der Waals surface area contributed by atoms with E-state index in [9.17, 15) is 4.79 Å². The molecule has 0 spiro atoms. The zero-order valence-corrected chi connectivity index (χ0v) is 13.1. The monoisotopic (exact) mass is 306 g/mol. The van der Waals surface area contributed by atoms with Crippen molar-refractivity contribution in [3.63, 3.8) is 0 Å². The summed E-state index contributed by atoms with van der Waals surface area (Å²) in [6, 6.07) is 9.63. The van der Waals surface area contributed by atoms with E-state index in [2.05, 4.69) is 12.2 Å². The van der Waals surface area contributed by atoms with E-state index < -0.39 is 5.41 Å². The number of para-hydroxylation sites is 1. The Bertz CT molecular complexity index is 498. The molecule has 0 saturated heterocycles. The van der Waals surface area contributed by atoms with Crippen LogP contribution in [0.25, 0.3) is 0 Å². The average Bonchev–Trinajstić information content (AvgIpc) is 2.43. The minimum atomic E-state index is -0.616. The second kappa shape index (κ2) is 6.89. The maximum absolute atomic E-state index is 12.2. The molecule has 0 radical (unpaired) electrons. The minimum absolute atomic E-state index is 0.0344. The lowest BCUT2D eigenvalue weighted by Crippen LogP contribution is -2.56. The van der Waals surface area contributed by atoms with Crippen LogP contribution in [0.3, 0.4) is 0 Å². The number of hydrogen-bond acceptors (Lipinski definition) is 3. The molecule has 4 nitrogen and oxygen atoms in total. The van der Waals surface area contributed by atoms with Gasteiger partial charge in [0.1, 0.15) is 5.75 Å². The number of benzene rings is 1. The molecule has 1 fully saturated rings. The quantitative estimate of drug-likeness (QED) is 0.599. The van der Waals surface area contributed by atoms with E-state index in [-0.39, 0.29) is 5.91 Å². The minimum Gasteiger partial charge on any atom is -0.494 e. The maximum atomic E-state index is 12.2. The van der Waals surface area contributed by atoms with Crippen molar-refractivity contribution in [1.29, 1.82) is 0 Å². The van der Waals surface area contributed by atoms with E-state index >= 15 is 0 Å². The molecule has 5 heteroatoms. The average molecular weight is 306 g/mol. The van der Waals surface area contributed by atoms with Gasteiger partial charge in [0.15, 0.2) is 0 Å². The summed E-state index contributed by atoms with van der Waals surface area (Å²) >= 11 is 5.07. The smallest absolute Gasteiger partial charge is 0.233 e. The first-order valence-corrected chi connectivity index (χ1v) is 7.71. The Kier molecular flexibility index (Phi) is 5.17. The van der Waals surface area contributed by atoms with Crippen molar-refractivity contribution in [3.05, 3.63) is 30.3 Å². The fourth-order valence-corrected chi connectivity index (χ4v) is 3.04. The van der Waals surface area contributed by atoms with Crippen LogP contribution in [0.5, 0.6) is 5.75 Å². The van der Waals surface area contributed by atoms with Crippen molar-refractivity contribution in [1.82, 2.24) is 5.32 Å². The van der Waals surface area contributed by atoms with Gasteiger partial charge in [0.05, 0.1) is 17.0 Å². The number of nitrogens with one attached hydrogen (secondary N) is 1. The summed E-state index contributed by atoms with van der Waals surface area (Å²) in [5.74, 6) is 1.32. The highest BCUT2D eigenvalue weighted by Crippen LogP contribution is 2.45. The lowest BCUT2D eigenvalue weighted by molar-refractivity contribution is -0.132. The summed E-state index contributed by atoms with van der Waals surface area (Å²) in [5.41, 5.74) is 5.13. The van der Waals surface area contributed by atoms with Crippen molar-refractivity contribution >= 4 is 23.1 Å². The van der Waals surface area contributed by atoms with Crippen LogP contribution in [-0.2, 0) is 4.79 Å². The Labute approximate surface area is 131 Å². The first-order valence-electron chi connectivity index (χ1n) is 7.30. The summed E-state index contributed by atoms with van der Waals surface area (Å²) in [7, 11) is 0. The van der Waals surface area contributed by atoms with Gasteiger partial charge in [-0.3, -0.25) is 4.79 Å². The molecule has 1 aliphatic carbocycles. The largest absolute Gasteiger partial charge is 0.494 e. The van der Waals surface area contributed by atoms with Crippen molar-refractivity contribution in [2.24, 2.45) is 17.1 Å². The van der Waals surface area contributed by atoms with E-state index in [4.69, 9.17) is 22.7 Å². The van der Waals surface area contributed by atoms with Gasteiger partial charge in [0, 0.05) is 6.54 Å². The van der Waals surface area contributed by atoms with Crippen LogP contribution >= 0.6 is 12.2 Å². The summed E-state index contributed by atoms with van der Waals surface area (Å²) < 4.78 is 5.58. The predicted octanol–water partition coefficient (Wildman–Crippen LogP) is 2.27. The molecule has 114 valence electrons. The van der Waals surface area contributed by atoms with Gasteiger partial charge in [-0.05, 0) is 37.3 Å². The summed E-state index contributed by atoms with van der Waals surface area (Å²) in [6.45, 7) is 3.25.